The highest BCUT2D eigenvalue weighted by atomic mass is 35.5. The summed E-state index contributed by atoms with van der Waals surface area (Å²) in [4.78, 5) is 2.20. The molecule has 1 fully saturated rings. The number of anilines is 1. The molecule has 0 aliphatic carbocycles. The van der Waals surface area contributed by atoms with Gasteiger partial charge in [-0.3, -0.25) is 0 Å². The molecule has 17 heavy (non-hydrogen) atoms. The third-order valence-corrected chi connectivity index (χ3v) is 3.23. The van der Waals surface area contributed by atoms with Crippen LogP contribution >= 0.6 is 11.6 Å². The molecule has 3 nitrogen and oxygen atoms in total. The van der Waals surface area contributed by atoms with Crippen molar-refractivity contribution in [3.63, 3.8) is 0 Å². The first-order valence-electron chi connectivity index (χ1n) is 5.63. The molecule has 1 saturated heterocycles. The van der Waals surface area contributed by atoms with Crippen LogP contribution in [0.5, 0.6) is 0 Å². The fourth-order valence-electron chi connectivity index (χ4n) is 2.11. The monoisotopic (exact) mass is 258 g/mol. The Hall–Kier alpha value is -0.840. The molecule has 94 valence electrons. The van der Waals surface area contributed by atoms with E-state index >= 15 is 0 Å². The molecule has 1 heterocycles. The van der Waals surface area contributed by atoms with Crippen LogP contribution in [0.2, 0.25) is 5.02 Å². The molecule has 0 amide bonds. The first-order chi connectivity index (χ1) is 8.22. The maximum absolute atomic E-state index is 13.1. The average Bonchev–Trinajstić information content (AvgIpc) is 2.34. The van der Waals surface area contributed by atoms with Gasteiger partial charge < -0.3 is 15.0 Å². The van der Waals surface area contributed by atoms with E-state index in [1.54, 1.807) is 19.2 Å². The number of hydrogen-bond acceptors (Lipinski definition) is 3. The Morgan fingerprint density at radius 3 is 3.12 bits per heavy atom. The van der Waals surface area contributed by atoms with E-state index in [9.17, 15) is 4.39 Å². The Morgan fingerprint density at radius 1 is 1.59 bits per heavy atom. The van der Waals surface area contributed by atoms with Gasteiger partial charge in [0, 0.05) is 32.4 Å². The lowest BCUT2D eigenvalue weighted by Crippen LogP contribution is -2.53. The highest BCUT2D eigenvalue weighted by molar-refractivity contribution is 6.31. The summed E-state index contributed by atoms with van der Waals surface area (Å²) >= 11 is 5.81. The fraction of sp³-hybridized carbons (Fsp3) is 0.500. The van der Waals surface area contributed by atoms with Gasteiger partial charge in [-0.05, 0) is 18.2 Å². The third kappa shape index (κ3) is 2.89. The van der Waals surface area contributed by atoms with Gasteiger partial charge in [0.05, 0.1) is 17.7 Å². The molecule has 1 aromatic rings. The van der Waals surface area contributed by atoms with Gasteiger partial charge in [0.1, 0.15) is 5.82 Å². The molecular weight excluding hydrogens is 243 g/mol. The number of methoxy groups -OCH3 is 1. The zero-order valence-corrected chi connectivity index (χ0v) is 10.5. The number of benzene rings is 1. The minimum atomic E-state index is -0.381. The summed E-state index contributed by atoms with van der Waals surface area (Å²) in [7, 11) is 1.68. The van der Waals surface area contributed by atoms with Gasteiger partial charge >= 0.3 is 0 Å². The van der Waals surface area contributed by atoms with E-state index < -0.39 is 0 Å². The van der Waals surface area contributed by atoms with E-state index in [4.69, 9.17) is 16.3 Å². The minimum Gasteiger partial charge on any atom is -0.383 e. The quantitative estimate of drug-likeness (QED) is 0.896. The molecule has 5 heteroatoms. The molecule has 1 aliphatic rings. The predicted molar refractivity (Wildman–Crippen MR) is 67.3 cm³/mol. The van der Waals surface area contributed by atoms with Crippen molar-refractivity contribution in [1.29, 1.82) is 0 Å². The molecule has 2 rings (SSSR count). The fourth-order valence-corrected chi connectivity index (χ4v) is 2.28. The van der Waals surface area contributed by atoms with E-state index in [0.717, 1.165) is 25.3 Å². The highest BCUT2D eigenvalue weighted by Crippen LogP contribution is 2.24. The number of ether oxygens (including phenoxy) is 1. The summed E-state index contributed by atoms with van der Waals surface area (Å²) in [6.45, 7) is 3.29. The molecule has 1 N–H and O–H groups in total. The van der Waals surface area contributed by atoms with Gasteiger partial charge in [-0.2, -0.15) is 0 Å². The molecule has 0 radical (unpaired) electrons. The summed E-state index contributed by atoms with van der Waals surface area (Å²) in [5, 5.41) is 3.48. The van der Waals surface area contributed by atoms with Crippen molar-refractivity contribution in [3.8, 4) is 0 Å². The summed E-state index contributed by atoms with van der Waals surface area (Å²) < 4.78 is 18.3. The van der Waals surface area contributed by atoms with Crippen LogP contribution < -0.4 is 10.2 Å². The number of piperazine rings is 1. The molecule has 0 bridgehead atoms. The van der Waals surface area contributed by atoms with Crippen LogP contribution in [0, 0.1) is 5.82 Å². The average molecular weight is 259 g/mol. The Bertz CT molecular complexity index is 387. The number of rotatable bonds is 3. The lowest BCUT2D eigenvalue weighted by molar-refractivity contribution is 0.170. The third-order valence-electron chi connectivity index (χ3n) is 2.94. The second-order valence-corrected chi connectivity index (χ2v) is 4.51. The second kappa shape index (κ2) is 5.67. The van der Waals surface area contributed by atoms with Crippen molar-refractivity contribution < 1.29 is 9.13 Å². The molecule has 1 aliphatic heterocycles. The summed E-state index contributed by atoms with van der Waals surface area (Å²) in [6, 6.07) is 5.10. The predicted octanol–water partition coefficient (Wildman–Crippen LogP) is 1.90. The SMILES string of the molecule is COCC1CNCCN1c1ccc(F)c(Cl)c1. The molecular formula is C12H16ClFN2O. The van der Waals surface area contributed by atoms with Crippen molar-refractivity contribution in [2.75, 3.05) is 38.3 Å². The smallest absolute Gasteiger partial charge is 0.141 e. The number of nitrogens with one attached hydrogen (secondary N) is 1. The van der Waals surface area contributed by atoms with Gasteiger partial charge in [0.25, 0.3) is 0 Å². The van der Waals surface area contributed by atoms with Crippen molar-refractivity contribution in [3.05, 3.63) is 29.0 Å². The minimum absolute atomic E-state index is 0.164. The molecule has 0 spiro atoms. The van der Waals surface area contributed by atoms with Gasteiger partial charge in [0.2, 0.25) is 0 Å². The lowest BCUT2D eigenvalue weighted by atomic mass is 10.1. The first-order valence-corrected chi connectivity index (χ1v) is 6.01. The van der Waals surface area contributed by atoms with E-state index in [1.165, 1.54) is 6.07 Å². The Balaban J connectivity index is 2.20. The van der Waals surface area contributed by atoms with Crippen LogP contribution in [0.25, 0.3) is 0 Å². The van der Waals surface area contributed by atoms with Crippen molar-refractivity contribution in [1.82, 2.24) is 5.32 Å². The van der Waals surface area contributed by atoms with Gasteiger partial charge in [-0.1, -0.05) is 11.6 Å². The van der Waals surface area contributed by atoms with Crippen LogP contribution in [0.15, 0.2) is 18.2 Å². The maximum atomic E-state index is 13.1. The zero-order chi connectivity index (χ0) is 12.3. The van der Waals surface area contributed by atoms with Gasteiger partial charge in [0.15, 0.2) is 0 Å². The second-order valence-electron chi connectivity index (χ2n) is 4.11. The van der Waals surface area contributed by atoms with E-state index in [0.29, 0.717) is 6.61 Å². The Kier molecular flexibility index (Phi) is 4.20. The van der Waals surface area contributed by atoms with Crippen LogP contribution in [-0.4, -0.2) is 39.4 Å². The van der Waals surface area contributed by atoms with Crippen LogP contribution in [0.1, 0.15) is 0 Å². The summed E-state index contributed by atoms with van der Waals surface area (Å²) in [6.07, 6.45) is 0. The normalized spacial score (nSPS) is 20.6. The maximum Gasteiger partial charge on any atom is 0.141 e. The molecule has 1 atom stereocenters. The number of nitrogens with zero attached hydrogens (tertiary/aromatic N) is 1. The van der Waals surface area contributed by atoms with Crippen LogP contribution in [0.4, 0.5) is 10.1 Å². The van der Waals surface area contributed by atoms with Crippen molar-refractivity contribution >= 4 is 17.3 Å². The topological polar surface area (TPSA) is 24.5 Å². The molecule has 1 unspecified atom stereocenters. The van der Waals surface area contributed by atoms with E-state index in [-0.39, 0.29) is 16.9 Å². The zero-order valence-electron chi connectivity index (χ0n) is 9.75. The lowest BCUT2D eigenvalue weighted by Gasteiger charge is -2.37. The largest absolute Gasteiger partial charge is 0.383 e. The number of hydrogen-bond donors (Lipinski definition) is 1. The van der Waals surface area contributed by atoms with Crippen LogP contribution in [-0.2, 0) is 4.74 Å². The van der Waals surface area contributed by atoms with Crippen LogP contribution in [0.3, 0.4) is 0 Å². The standard InChI is InChI=1S/C12H16ClFN2O/c1-17-8-10-7-15-4-5-16(10)9-2-3-12(14)11(13)6-9/h2-3,6,10,15H,4-5,7-8H2,1H3. The summed E-state index contributed by atoms with van der Waals surface area (Å²) in [5.74, 6) is -0.381. The van der Waals surface area contributed by atoms with Gasteiger partial charge in [-0.15, -0.1) is 0 Å². The molecule has 1 aromatic carbocycles. The van der Waals surface area contributed by atoms with E-state index in [2.05, 4.69) is 10.2 Å². The van der Waals surface area contributed by atoms with E-state index in [1.807, 2.05) is 0 Å². The Labute approximate surface area is 106 Å². The highest BCUT2D eigenvalue weighted by Gasteiger charge is 2.22. The van der Waals surface area contributed by atoms with Crippen molar-refractivity contribution in [2.45, 2.75) is 6.04 Å². The first kappa shape index (κ1) is 12.6. The van der Waals surface area contributed by atoms with Crippen molar-refractivity contribution in [2.24, 2.45) is 0 Å². The summed E-state index contributed by atoms with van der Waals surface area (Å²) in [5.41, 5.74) is 0.944. The van der Waals surface area contributed by atoms with Gasteiger partial charge in [-0.25, -0.2) is 4.39 Å². The molecule has 0 saturated carbocycles. The molecule has 0 aromatic heterocycles. The number of halogens is 2. The Morgan fingerprint density at radius 2 is 2.41 bits per heavy atom.